The summed E-state index contributed by atoms with van der Waals surface area (Å²) in [5.41, 5.74) is 8.80. The fourth-order valence-corrected chi connectivity index (χ4v) is 5.75. The summed E-state index contributed by atoms with van der Waals surface area (Å²) < 4.78 is 7.50. The summed E-state index contributed by atoms with van der Waals surface area (Å²) in [6.07, 6.45) is 3.30. The van der Waals surface area contributed by atoms with E-state index in [1.807, 2.05) is 51.4 Å². The van der Waals surface area contributed by atoms with Gasteiger partial charge >= 0.3 is 0 Å². The van der Waals surface area contributed by atoms with Gasteiger partial charge in [-0.05, 0) is 62.6 Å². The van der Waals surface area contributed by atoms with Gasteiger partial charge in [-0.25, -0.2) is 9.97 Å². The molecule has 2 aromatic carbocycles. The van der Waals surface area contributed by atoms with E-state index in [2.05, 4.69) is 49.7 Å². The summed E-state index contributed by atoms with van der Waals surface area (Å²) in [7, 11) is 5.69. The third-order valence-electron chi connectivity index (χ3n) is 8.11. The lowest BCUT2D eigenvalue weighted by Gasteiger charge is -2.34. The van der Waals surface area contributed by atoms with Crippen LogP contribution in [0.1, 0.15) is 32.7 Å². The number of nitrogens with one attached hydrogen (secondary N) is 2. The highest BCUT2D eigenvalue weighted by atomic mass is 16.5. The summed E-state index contributed by atoms with van der Waals surface area (Å²) in [6.45, 7) is 8.03. The summed E-state index contributed by atoms with van der Waals surface area (Å²) in [6, 6.07) is 12.2. The van der Waals surface area contributed by atoms with Gasteiger partial charge < -0.3 is 25.2 Å². The number of fused-ring (bicyclic) bond motifs is 3. The molecular formula is C31H36N8O2. The zero-order valence-corrected chi connectivity index (χ0v) is 24.3. The van der Waals surface area contributed by atoms with E-state index < -0.39 is 0 Å². The number of aromatic nitrogens is 4. The predicted molar refractivity (Wildman–Crippen MR) is 161 cm³/mol. The summed E-state index contributed by atoms with van der Waals surface area (Å²) in [4.78, 5) is 27.6. The van der Waals surface area contributed by atoms with Crippen LogP contribution in [0.4, 0.5) is 23.0 Å². The maximum absolute atomic E-state index is 13.4. The number of para-hydroxylation sites is 1. The molecule has 1 amide bonds. The number of carbonyl (C=O) groups excluding carboxylic acids is 1. The van der Waals surface area contributed by atoms with E-state index >= 15 is 0 Å². The predicted octanol–water partition coefficient (Wildman–Crippen LogP) is 4.35. The van der Waals surface area contributed by atoms with E-state index in [1.165, 1.54) is 0 Å². The Morgan fingerprint density at radius 2 is 1.76 bits per heavy atom. The molecule has 2 aromatic heterocycles. The maximum Gasteiger partial charge on any atom is 0.276 e. The van der Waals surface area contributed by atoms with Crippen molar-refractivity contribution >= 4 is 28.9 Å². The molecule has 10 heteroatoms. The van der Waals surface area contributed by atoms with Gasteiger partial charge in [-0.2, -0.15) is 5.10 Å². The first-order valence-electron chi connectivity index (χ1n) is 14.0. The number of anilines is 4. The van der Waals surface area contributed by atoms with Gasteiger partial charge in [0.2, 0.25) is 5.95 Å². The lowest BCUT2D eigenvalue weighted by molar-refractivity contribution is 0.102. The first-order valence-corrected chi connectivity index (χ1v) is 14.0. The Kier molecular flexibility index (Phi) is 7.08. The van der Waals surface area contributed by atoms with Crippen LogP contribution in [0, 0.1) is 13.8 Å². The molecule has 3 heterocycles. The first kappa shape index (κ1) is 26.8. The van der Waals surface area contributed by atoms with Crippen LogP contribution in [0.2, 0.25) is 0 Å². The Balaban J connectivity index is 1.27. The van der Waals surface area contributed by atoms with Gasteiger partial charge in [0.15, 0.2) is 5.69 Å². The number of hydrogen-bond acceptors (Lipinski definition) is 8. The van der Waals surface area contributed by atoms with Crippen molar-refractivity contribution in [2.75, 3.05) is 55.9 Å². The molecule has 0 bridgehead atoms. The maximum atomic E-state index is 13.4. The van der Waals surface area contributed by atoms with Gasteiger partial charge in [-0.1, -0.05) is 18.2 Å². The van der Waals surface area contributed by atoms with Crippen LogP contribution in [0.3, 0.4) is 0 Å². The molecule has 0 unspecified atom stereocenters. The molecule has 1 aliphatic heterocycles. The quantitative estimate of drug-likeness (QED) is 0.364. The second-order valence-electron chi connectivity index (χ2n) is 10.9. The molecule has 6 rings (SSSR count). The van der Waals surface area contributed by atoms with Gasteiger partial charge in [0.25, 0.3) is 5.91 Å². The number of aryl methyl sites for hydroxylation is 4. The van der Waals surface area contributed by atoms with E-state index in [0.717, 1.165) is 89.1 Å². The molecule has 212 valence electrons. The average Bonchev–Trinajstić information content (AvgIpc) is 3.32. The molecule has 1 fully saturated rings. The summed E-state index contributed by atoms with van der Waals surface area (Å²) in [5.74, 6) is 0.986. The number of nitrogens with zero attached hydrogens (tertiary/aromatic N) is 6. The molecule has 0 atom stereocenters. The van der Waals surface area contributed by atoms with Crippen LogP contribution < -0.4 is 20.3 Å². The van der Waals surface area contributed by atoms with Gasteiger partial charge in [-0.15, -0.1) is 0 Å². The normalized spacial score (nSPS) is 14.8. The van der Waals surface area contributed by atoms with Crippen LogP contribution in [0.25, 0.3) is 11.4 Å². The Hall–Kier alpha value is -4.44. The van der Waals surface area contributed by atoms with Crippen molar-refractivity contribution < 1.29 is 9.53 Å². The Morgan fingerprint density at radius 3 is 2.49 bits per heavy atom. The fourth-order valence-electron chi connectivity index (χ4n) is 5.75. The average molecular weight is 553 g/mol. The van der Waals surface area contributed by atoms with Crippen molar-refractivity contribution in [3.8, 4) is 17.1 Å². The largest absolute Gasteiger partial charge is 0.494 e. The smallest absolute Gasteiger partial charge is 0.276 e. The molecule has 10 nitrogen and oxygen atoms in total. The van der Waals surface area contributed by atoms with Crippen LogP contribution in [0.15, 0.2) is 42.6 Å². The minimum absolute atomic E-state index is 0.208. The van der Waals surface area contributed by atoms with E-state index in [4.69, 9.17) is 9.72 Å². The highest BCUT2D eigenvalue weighted by molar-refractivity contribution is 6.05. The molecule has 41 heavy (non-hydrogen) atoms. The molecular weight excluding hydrogens is 516 g/mol. The van der Waals surface area contributed by atoms with Gasteiger partial charge in [0.05, 0.1) is 24.2 Å². The topological polar surface area (TPSA) is 100 Å². The number of carbonyl (C=O) groups is 1. The van der Waals surface area contributed by atoms with E-state index in [0.29, 0.717) is 18.1 Å². The molecule has 4 aromatic rings. The Morgan fingerprint density at radius 1 is 1.00 bits per heavy atom. The van der Waals surface area contributed by atoms with Crippen molar-refractivity contribution in [2.45, 2.75) is 26.7 Å². The van der Waals surface area contributed by atoms with Crippen LogP contribution in [-0.4, -0.2) is 70.9 Å². The molecule has 1 aliphatic carbocycles. The van der Waals surface area contributed by atoms with Crippen LogP contribution >= 0.6 is 0 Å². The van der Waals surface area contributed by atoms with E-state index in [-0.39, 0.29) is 5.91 Å². The van der Waals surface area contributed by atoms with Gasteiger partial charge in [0, 0.05) is 62.4 Å². The number of methoxy groups -OCH3 is 1. The molecule has 0 spiro atoms. The minimum Gasteiger partial charge on any atom is -0.494 e. The SMILES string of the molecule is COc1cc(N2CCN(C)CC2)ccc1Nc1ncc2c(n1)-c1c(c(C(=O)Nc3c(C)cccc3C)nn1C)CC2. The number of piperazine rings is 1. The number of amides is 1. The lowest BCUT2D eigenvalue weighted by atomic mass is 9.93. The molecule has 0 saturated carbocycles. The number of hydrogen-bond donors (Lipinski definition) is 2. The summed E-state index contributed by atoms with van der Waals surface area (Å²) >= 11 is 0. The molecule has 2 aliphatic rings. The van der Waals surface area contributed by atoms with Crippen molar-refractivity contribution in [3.05, 3.63) is 70.5 Å². The van der Waals surface area contributed by atoms with Crippen molar-refractivity contribution in [1.82, 2.24) is 24.6 Å². The van der Waals surface area contributed by atoms with E-state index in [1.54, 1.807) is 11.8 Å². The Bertz CT molecular complexity index is 1600. The second kappa shape index (κ2) is 10.9. The lowest BCUT2D eigenvalue weighted by Crippen LogP contribution is -2.44. The summed E-state index contributed by atoms with van der Waals surface area (Å²) in [5, 5.41) is 11.1. The number of benzene rings is 2. The number of ether oxygens (including phenoxy) is 1. The van der Waals surface area contributed by atoms with E-state index in [9.17, 15) is 4.79 Å². The third kappa shape index (κ3) is 5.11. The van der Waals surface area contributed by atoms with Crippen LogP contribution in [-0.2, 0) is 19.9 Å². The van der Waals surface area contributed by atoms with Crippen molar-refractivity contribution in [3.63, 3.8) is 0 Å². The number of likely N-dealkylation sites (N-methyl/N-ethyl adjacent to an activating group) is 1. The van der Waals surface area contributed by atoms with Crippen molar-refractivity contribution in [1.29, 1.82) is 0 Å². The zero-order chi connectivity index (χ0) is 28.7. The standard InChI is InChI=1S/C31H36N8O2/c1-19-7-6-8-20(2)26(19)34-30(40)28-23-11-9-21-18-32-31(35-27(21)29(23)38(4)36-28)33-24-12-10-22(17-25(24)41-5)39-15-13-37(3)14-16-39/h6-8,10,12,17-18H,9,11,13-16H2,1-5H3,(H,34,40)(H,32,33,35). The highest BCUT2D eigenvalue weighted by Crippen LogP contribution is 2.36. The monoisotopic (exact) mass is 552 g/mol. The zero-order valence-electron chi connectivity index (χ0n) is 24.3. The van der Waals surface area contributed by atoms with Crippen LogP contribution in [0.5, 0.6) is 5.75 Å². The Labute approximate surface area is 240 Å². The third-order valence-corrected chi connectivity index (χ3v) is 8.11. The van der Waals surface area contributed by atoms with Gasteiger partial charge in [0.1, 0.15) is 5.75 Å². The van der Waals surface area contributed by atoms with Crippen molar-refractivity contribution in [2.24, 2.45) is 7.05 Å². The molecule has 1 saturated heterocycles. The van der Waals surface area contributed by atoms with Gasteiger partial charge in [-0.3, -0.25) is 9.48 Å². The second-order valence-corrected chi connectivity index (χ2v) is 10.9. The minimum atomic E-state index is -0.208. The number of rotatable bonds is 6. The molecule has 2 N–H and O–H groups in total. The highest BCUT2D eigenvalue weighted by Gasteiger charge is 2.29. The fraction of sp³-hybridized carbons (Fsp3) is 0.355. The molecule has 0 radical (unpaired) electrons. The first-order chi connectivity index (χ1) is 19.8.